The number of halogens is 3. The molecule has 9 nitrogen and oxygen atoms in total. The van der Waals surface area contributed by atoms with Gasteiger partial charge >= 0.3 is 5.97 Å². The highest BCUT2D eigenvalue weighted by atomic mass is 35.5. The molecule has 0 bridgehead atoms. The Morgan fingerprint density at radius 3 is 2.58 bits per heavy atom. The first-order valence-electron chi connectivity index (χ1n) is 12.6. The van der Waals surface area contributed by atoms with Crippen LogP contribution in [0.15, 0.2) is 40.9 Å². The second-order valence-electron chi connectivity index (χ2n) is 9.91. The minimum atomic E-state index is -1.33. The molecule has 1 saturated heterocycles. The molecule has 40 heavy (non-hydrogen) atoms. The lowest BCUT2D eigenvalue weighted by Gasteiger charge is -2.39. The molecule has 0 radical (unpaired) electrons. The molecule has 4 heterocycles. The monoisotopic (exact) mass is 589 g/mol. The number of rotatable bonds is 8. The van der Waals surface area contributed by atoms with Crippen molar-refractivity contribution < 1.29 is 28.0 Å². The van der Waals surface area contributed by atoms with Crippen LogP contribution >= 0.6 is 22.9 Å². The highest BCUT2D eigenvalue weighted by molar-refractivity contribution is 7.19. The fourth-order valence-corrected chi connectivity index (χ4v) is 6.27. The number of thiophene rings is 1. The van der Waals surface area contributed by atoms with Gasteiger partial charge in [-0.15, -0.1) is 11.3 Å². The van der Waals surface area contributed by atoms with E-state index in [2.05, 4.69) is 10.1 Å². The number of carbonyl (C=O) groups excluding carboxylic acids is 1. The fourth-order valence-electron chi connectivity index (χ4n) is 5.28. The predicted molar refractivity (Wildman–Crippen MR) is 145 cm³/mol. The van der Waals surface area contributed by atoms with Crippen LogP contribution in [-0.2, 0) is 11.3 Å². The smallest absolute Gasteiger partial charge is 0.354 e. The van der Waals surface area contributed by atoms with Crippen LogP contribution in [0.1, 0.15) is 54.5 Å². The molecule has 1 aliphatic rings. The molecule has 5 rings (SSSR count). The maximum atomic E-state index is 15.0. The molecule has 2 atom stereocenters. The van der Waals surface area contributed by atoms with Crippen molar-refractivity contribution in [2.45, 2.75) is 51.2 Å². The van der Waals surface area contributed by atoms with Crippen LogP contribution in [0.2, 0.25) is 4.34 Å². The Bertz CT molecular complexity index is 1560. The third-order valence-corrected chi connectivity index (χ3v) is 8.35. The zero-order valence-electron chi connectivity index (χ0n) is 21.6. The molecule has 1 aliphatic heterocycles. The van der Waals surface area contributed by atoms with E-state index < -0.39 is 41.0 Å². The van der Waals surface area contributed by atoms with Crippen molar-refractivity contribution in [1.29, 1.82) is 0 Å². The minimum Gasteiger partial charge on any atom is -0.477 e. The lowest BCUT2D eigenvalue weighted by molar-refractivity contribution is -0.125. The Morgan fingerprint density at radius 2 is 1.98 bits per heavy atom. The van der Waals surface area contributed by atoms with E-state index in [0.29, 0.717) is 33.6 Å². The molecule has 2 unspecified atom stereocenters. The molecule has 0 aliphatic carbocycles. The van der Waals surface area contributed by atoms with E-state index >= 15 is 8.78 Å². The number of carbonyl (C=O) groups is 2. The minimum absolute atomic E-state index is 0.0395. The second-order valence-corrected chi connectivity index (χ2v) is 11.6. The van der Waals surface area contributed by atoms with Crippen LogP contribution in [0, 0.1) is 11.6 Å². The Morgan fingerprint density at radius 1 is 1.25 bits per heavy atom. The summed E-state index contributed by atoms with van der Waals surface area (Å²) in [4.78, 5) is 32.2. The van der Waals surface area contributed by atoms with Crippen LogP contribution in [-0.4, -0.2) is 55.2 Å². The maximum Gasteiger partial charge on any atom is 0.354 e. The number of piperidine rings is 1. The summed E-state index contributed by atoms with van der Waals surface area (Å²) in [5, 5.41) is 14.4. The number of hydrogen-bond acceptors (Lipinski definition) is 7. The van der Waals surface area contributed by atoms with Gasteiger partial charge in [0.2, 0.25) is 5.91 Å². The quantitative estimate of drug-likeness (QED) is 0.282. The molecule has 1 amide bonds. The van der Waals surface area contributed by atoms with Crippen molar-refractivity contribution >= 4 is 34.8 Å². The molecule has 1 aromatic carbocycles. The Balaban J connectivity index is 1.63. The maximum absolute atomic E-state index is 15.0. The number of primary amides is 1. The van der Waals surface area contributed by atoms with Gasteiger partial charge in [-0.1, -0.05) is 22.8 Å². The summed E-state index contributed by atoms with van der Waals surface area (Å²) in [7, 11) is 0. The lowest BCUT2D eigenvalue weighted by Crippen LogP contribution is -2.52. The average molecular weight is 590 g/mol. The number of nitrogens with two attached hydrogens (primary N) is 1. The molecule has 3 N–H and O–H groups in total. The molecule has 3 aromatic heterocycles. The highest BCUT2D eigenvalue weighted by Crippen LogP contribution is 2.38. The van der Waals surface area contributed by atoms with E-state index in [1.54, 1.807) is 18.2 Å². The number of amides is 1. The van der Waals surface area contributed by atoms with Gasteiger partial charge in [0.25, 0.3) is 0 Å². The topological polar surface area (TPSA) is 127 Å². The van der Waals surface area contributed by atoms with Crippen molar-refractivity contribution in [3.63, 3.8) is 0 Å². The number of nitrogens with zero attached hydrogens (tertiary/aromatic N) is 4. The van der Waals surface area contributed by atoms with Gasteiger partial charge in [0.05, 0.1) is 33.1 Å². The number of likely N-dealkylation sites (tertiary alicyclic amines) is 1. The van der Waals surface area contributed by atoms with Gasteiger partial charge in [0.1, 0.15) is 23.2 Å². The van der Waals surface area contributed by atoms with Crippen LogP contribution < -0.4 is 5.73 Å². The Labute approximate surface area is 237 Å². The van der Waals surface area contributed by atoms with Crippen molar-refractivity contribution in [1.82, 2.24) is 19.6 Å². The average Bonchev–Trinajstić information content (AvgIpc) is 3.63. The number of carboxylic acids is 1. The standard InChI is InChI=1S/C27H26ClF2N5O4S/c1-13(2)34-9-8-14(10-18(34)25(31)36)23-24(27(37)38)35(26(32-23)22-16(29)4-3-5-17(22)30)12-15-11-19(39-33-15)20-6-7-21(28)40-20/h3-7,11,13-14,18H,8-10,12H2,1-2H3,(H2,31,36)(H,37,38). The van der Waals surface area contributed by atoms with E-state index in [4.69, 9.17) is 21.9 Å². The number of carboxylic acid groups (broad SMARTS) is 1. The summed E-state index contributed by atoms with van der Waals surface area (Å²) in [5.41, 5.74) is 5.45. The van der Waals surface area contributed by atoms with Crippen molar-refractivity contribution in [3.05, 3.63) is 69.5 Å². The number of aromatic carboxylic acids is 1. The molecular weight excluding hydrogens is 564 g/mol. The molecule has 4 aromatic rings. The first-order chi connectivity index (χ1) is 19.0. The Hall–Kier alpha value is -3.61. The van der Waals surface area contributed by atoms with Crippen LogP contribution in [0.25, 0.3) is 22.0 Å². The zero-order valence-corrected chi connectivity index (χ0v) is 23.2. The third kappa shape index (κ3) is 5.26. The number of benzene rings is 1. The second kappa shape index (κ2) is 11.1. The molecule has 0 saturated carbocycles. The van der Waals surface area contributed by atoms with E-state index in [9.17, 15) is 14.7 Å². The molecular formula is C27H26ClF2N5O4S. The van der Waals surface area contributed by atoms with Gasteiger partial charge in [0.15, 0.2) is 11.5 Å². The summed E-state index contributed by atoms with van der Waals surface area (Å²) < 4.78 is 37.3. The first kappa shape index (κ1) is 27.9. The molecule has 0 spiro atoms. The first-order valence-corrected chi connectivity index (χ1v) is 13.8. The summed E-state index contributed by atoms with van der Waals surface area (Å²) in [6.45, 7) is 4.18. The fraction of sp³-hybridized carbons (Fsp3) is 0.333. The van der Waals surface area contributed by atoms with Gasteiger partial charge < -0.3 is 19.9 Å². The SMILES string of the molecule is CC(C)N1CCC(c2nc(-c3c(F)cccc3F)n(Cc3cc(-c4ccc(Cl)s4)on3)c2C(=O)O)CC1C(N)=O. The molecule has 1 fully saturated rings. The highest BCUT2D eigenvalue weighted by Gasteiger charge is 2.38. The van der Waals surface area contributed by atoms with Gasteiger partial charge in [-0.05, 0) is 57.5 Å². The predicted octanol–water partition coefficient (Wildman–Crippen LogP) is 5.39. The van der Waals surface area contributed by atoms with Gasteiger partial charge in [-0.3, -0.25) is 9.69 Å². The van der Waals surface area contributed by atoms with E-state index in [1.807, 2.05) is 18.7 Å². The zero-order chi connectivity index (χ0) is 28.7. The number of hydrogen-bond donors (Lipinski definition) is 2. The third-order valence-electron chi connectivity index (χ3n) is 7.10. The van der Waals surface area contributed by atoms with E-state index in [0.717, 1.165) is 12.1 Å². The van der Waals surface area contributed by atoms with Crippen LogP contribution in [0.5, 0.6) is 0 Å². The van der Waals surface area contributed by atoms with Crippen molar-refractivity contribution in [2.75, 3.05) is 6.54 Å². The lowest BCUT2D eigenvalue weighted by atomic mass is 9.86. The largest absolute Gasteiger partial charge is 0.477 e. The summed E-state index contributed by atoms with van der Waals surface area (Å²) in [6.07, 6.45) is 0.697. The summed E-state index contributed by atoms with van der Waals surface area (Å²) >= 11 is 7.31. The summed E-state index contributed by atoms with van der Waals surface area (Å²) in [5.74, 6) is -3.93. The molecule has 210 valence electrons. The van der Waals surface area contributed by atoms with E-state index in [1.165, 1.54) is 22.0 Å². The number of imidazole rings is 1. The van der Waals surface area contributed by atoms with Crippen molar-refractivity contribution in [2.24, 2.45) is 5.73 Å². The molecule has 13 heteroatoms. The Kier molecular flexibility index (Phi) is 7.76. The van der Waals surface area contributed by atoms with Crippen LogP contribution in [0.3, 0.4) is 0 Å². The normalized spacial score (nSPS) is 17.9. The number of aromatic nitrogens is 3. The van der Waals surface area contributed by atoms with Crippen LogP contribution in [0.4, 0.5) is 8.78 Å². The van der Waals surface area contributed by atoms with Crippen molar-refractivity contribution in [3.8, 4) is 22.0 Å². The van der Waals surface area contributed by atoms with E-state index in [-0.39, 0.29) is 36.2 Å². The van der Waals surface area contributed by atoms with Gasteiger partial charge in [0, 0.05) is 18.0 Å². The summed E-state index contributed by atoms with van der Waals surface area (Å²) in [6, 6.07) is 7.85. The van der Waals surface area contributed by atoms with Gasteiger partial charge in [-0.2, -0.15) is 0 Å². The van der Waals surface area contributed by atoms with Gasteiger partial charge in [-0.25, -0.2) is 18.6 Å².